The van der Waals surface area contributed by atoms with Crippen molar-refractivity contribution in [1.82, 2.24) is 4.98 Å². The Morgan fingerprint density at radius 1 is 1.24 bits per heavy atom. The molecule has 0 radical (unpaired) electrons. The highest BCUT2D eigenvalue weighted by atomic mass is 16.5. The number of aliphatic hydroxyl groups excluding tert-OH is 1. The maximum atomic E-state index is 11.6. The molecule has 132 valence electrons. The topological polar surface area (TPSA) is 109 Å². The molecule has 0 aliphatic carbocycles. The van der Waals surface area contributed by atoms with E-state index in [1.165, 1.54) is 6.07 Å². The van der Waals surface area contributed by atoms with Crippen LogP contribution in [-0.2, 0) is 0 Å². The van der Waals surface area contributed by atoms with E-state index >= 15 is 0 Å². The first-order valence-corrected chi connectivity index (χ1v) is 8.05. The number of hydrogen-bond donors (Lipinski definition) is 3. The summed E-state index contributed by atoms with van der Waals surface area (Å²) in [5.41, 5.74) is 7.56. The van der Waals surface area contributed by atoms with Crippen LogP contribution in [-0.4, -0.2) is 53.5 Å². The molecule has 7 heteroatoms. The van der Waals surface area contributed by atoms with Crippen LogP contribution < -0.4 is 15.4 Å². The van der Waals surface area contributed by atoms with Gasteiger partial charge in [0.2, 0.25) is 0 Å². The number of hydrogen-bond acceptors (Lipinski definition) is 6. The van der Waals surface area contributed by atoms with Gasteiger partial charge in [-0.3, -0.25) is 0 Å². The zero-order valence-electron chi connectivity index (χ0n) is 13.9. The lowest BCUT2D eigenvalue weighted by Gasteiger charge is -2.35. The molecular formula is C18H21N3O4. The van der Waals surface area contributed by atoms with Crippen molar-refractivity contribution in [3.63, 3.8) is 0 Å². The maximum absolute atomic E-state index is 11.6. The number of aromatic carboxylic acids is 1. The third-order valence-corrected chi connectivity index (χ3v) is 4.25. The number of ether oxygens (including phenoxy) is 1. The van der Waals surface area contributed by atoms with E-state index in [9.17, 15) is 15.0 Å². The second kappa shape index (κ2) is 7.08. The summed E-state index contributed by atoms with van der Waals surface area (Å²) < 4.78 is 5.15. The minimum absolute atomic E-state index is 0.0959. The van der Waals surface area contributed by atoms with Gasteiger partial charge in [-0.15, -0.1) is 0 Å². The van der Waals surface area contributed by atoms with E-state index in [0.29, 0.717) is 31.0 Å². The molecule has 0 spiro atoms. The van der Waals surface area contributed by atoms with Gasteiger partial charge in [0.1, 0.15) is 17.1 Å². The van der Waals surface area contributed by atoms with Crippen molar-refractivity contribution in [2.75, 3.05) is 25.1 Å². The molecule has 1 aromatic carbocycles. The third-order valence-electron chi connectivity index (χ3n) is 4.25. The van der Waals surface area contributed by atoms with Gasteiger partial charge in [0, 0.05) is 24.7 Å². The molecule has 0 bridgehead atoms. The molecule has 4 N–H and O–H groups in total. The van der Waals surface area contributed by atoms with Gasteiger partial charge in [-0.1, -0.05) is 0 Å². The molecule has 25 heavy (non-hydrogen) atoms. The molecule has 0 saturated carbocycles. The Bertz CT molecular complexity index is 753. The summed E-state index contributed by atoms with van der Waals surface area (Å²) in [5.74, 6) is 0.00342. The molecular weight excluding hydrogens is 322 g/mol. The summed E-state index contributed by atoms with van der Waals surface area (Å²) in [6.07, 6.45) is -0.103. The number of carboxylic acids is 1. The lowest BCUT2D eigenvalue weighted by molar-refractivity contribution is 0.0696. The van der Waals surface area contributed by atoms with E-state index in [2.05, 4.69) is 4.98 Å². The Balaban J connectivity index is 2.00. The molecule has 7 nitrogen and oxygen atoms in total. The second-order valence-electron chi connectivity index (χ2n) is 6.16. The first kappa shape index (κ1) is 17.2. The number of piperidine rings is 1. The molecule has 0 amide bonds. The van der Waals surface area contributed by atoms with Crippen molar-refractivity contribution in [3.8, 4) is 17.0 Å². The molecule has 0 unspecified atom stereocenters. The minimum atomic E-state index is -1.06. The number of β-amino-alcohol motifs (C(OH)–C–C–N with tert-alkyl or cyclic N) is 1. The van der Waals surface area contributed by atoms with Gasteiger partial charge in [-0.2, -0.15) is 0 Å². The van der Waals surface area contributed by atoms with Gasteiger partial charge >= 0.3 is 5.97 Å². The lowest BCUT2D eigenvalue weighted by atomic mass is 10.0. The second-order valence-corrected chi connectivity index (χ2v) is 6.16. The molecule has 1 aliphatic rings. The Morgan fingerprint density at radius 3 is 2.56 bits per heavy atom. The number of rotatable bonds is 4. The number of methoxy groups -OCH3 is 1. The highest BCUT2D eigenvalue weighted by molar-refractivity contribution is 5.94. The third kappa shape index (κ3) is 3.72. The normalized spacial score (nSPS) is 20.4. The van der Waals surface area contributed by atoms with Crippen LogP contribution in [0, 0.1) is 0 Å². The van der Waals surface area contributed by atoms with Crippen LogP contribution in [0.1, 0.15) is 16.8 Å². The first-order chi connectivity index (χ1) is 12.0. The predicted molar refractivity (Wildman–Crippen MR) is 94.0 cm³/mol. The molecule has 1 fully saturated rings. The van der Waals surface area contributed by atoms with E-state index in [0.717, 1.165) is 11.3 Å². The molecule has 3 rings (SSSR count). The standard InChI is InChI=1S/C18H21N3O4/c1-25-14-4-2-11(3-5-14)16-7-6-15(18(23)24)17(20-16)21-9-12(19)8-13(22)10-21/h2-7,12-13,22H,8-10,19H2,1H3,(H,23,24)/t12-,13+/m0/s1. The molecule has 2 aromatic rings. The number of nitrogens with two attached hydrogens (primary N) is 1. The van der Waals surface area contributed by atoms with Crippen molar-refractivity contribution < 1.29 is 19.7 Å². The van der Waals surface area contributed by atoms with Crippen LogP contribution >= 0.6 is 0 Å². The van der Waals surface area contributed by atoms with Gasteiger partial charge < -0.3 is 25.6 Å². The van der Waals surface area contributed by atoms with Crippen LogP contribution in [0.15, 0.2) is 36.4 Å². The molecule has 2 heterocycles. The summed E-state index contributed by atoms with van der Waals surface area (Å²) >= 11 is 0. The van der Waals surface area contributed by atoms with Crippen molar-refractivity contribution in [2.45, 2.75) is 18.6 Å². The van der Waals surface area contributed by atoms with Crippen molar-refractivity contribution >= 4 is 11.8 Å². The van der Waals surface area contributed by atoms with E-state index in [4.69, 9.17) is 10.5 Å². The van der Waals surface area contributed by atoms with Crippen LogP contribution in [0.2, 0.25) is 0 Å². The SMILES string of the molecule is COc1ccc(-c2ccc(C(=O)O)c(N3C[C@@H](N)C[C@@H](O)C3)n2)cc1. The van der Waals surface area contributed by atoms with Crippen molar-refractivity contribution in [3.05, 3.63) is 42.0 Å². The molecule has 1 aliphatic heterocycles. The molecule has 1 saturated heterocycles. The van der Waals surface area contributed by atoms with Gasteiger partial charge in [-0.05, 0) is 42.8 Å². The zero-order chi connectivity index (χ0) is 18.0. The Morgan fingerprint density at radius 2 is 1.96 bits per heavy atom. The number of aromatic nitrogens is 1. The number of carboxylic acid groups (broad SMARTS) is 1. The quantitative estimate of drug-likeness (QED) is 0.769. The van der Waals surface area contributed by atoms with E-state index < -0.39 is 12.1 Å². The van der Waals surface area contributed by atoms with E-state index in [1.807, 2.05) is 24.3 Å². The predicted octanol–water partition coefficient (Wildman–Crippen LogP) is 1.35. The Hall–Kier alpha value is -2.64. The van der Waals surface area contributed by atoms with Crippen LogP contribution in [0.3, 0.4) is 0 Å². The fourth-order valence-electron chi connectivity index (χ4n) is 3.06. The van der Waals surface area contributed by atoms with Crippen molar-refractivity contribution in [1.29, 1.82) is 0 Å². The number of benzene rings is 1. The Kier molecular flexibility index (Phi) is 4.87. The number of anilines is 1. The summed E-state index contributed by atoms with van der Waals surface area (Å²) in [7, 11) is 1.60. The van der Waals surface area contributed by atoms with Gasteiger partial charge in [0.25, 0.3) is 0 Å². The van der Waals surface area contributed by atoms with Crippen LogP contribution in [0.5, 0.6) is 5.75 Å². The number of carbonyl (C=O) groups is 1. The fourth-order valence-corrected chi connectivity index (χ4v) is 3.06. The van der Waals surface area contributed by atoms with Gasteiger partial charge in [0.05, 0.1) is 18.9 Å². The van der Waals surface area contributed by atoms with Gasteiger partial charge in [0.15, 0.2) is 0 Å². The number of pyridine rings is 1. The summed E-state index contributed by atoms with van der Waals surface area (Å²) in [6, 6.07) is 10.4. The fraction of sp³-hybridized carbons (Fsp3) is 0.333. The van der Waals surface area contributed by atoms with Crippen molar-refractivity contribution in [2.24, 2.45) is 5.73 Å². The number of aliphatic hydroxyl groups is 1. The average Bonchev–Trinajstić information content (AvgIpc) is 2.60. The largest absolute Gasteiger partial charge is 0.497 e. The summed E-state index contributed by atoms with van der Waals surface area (Å²) in [4.78, 5) is 17.9. The van der Waals surface area contributed by atoms with E-state index in [1.54, 1.807) is 18.1 Å². The first-order valence-electron chi connectivity index (χ1n) is 8.05. The number of nitrogens with zero attached hydrogens (tertiary/aromatic N) is 2. The summed E-state index contributed by atoms with van der Waals surface area (Å²) in [5, 5.41) is 19.5. The average molecular weight is 343 g/mol. The Labute approximate surface area is 145 Å². The van der Waals surface area contributed by atoms with Crippen LogP contribution in [0.4, 0.5) is 5.82 Å². The summed E-state index contributed by atoms with van der Waals surface area (Å²) in [6.45, 7) is 0.767. The molecule has 1 aromatic heterocycles. The minimum Gasteiger partial charge on any atom is -0.497 e. The highest BCUT2D eigenvalue weighted by Crippen LogP contribution is 2.27. The van der Waals surface area contributed by atoms with Gasteiger partial charge in [-0.25, -0.2) is 9.78 Å². The van der Waals surface area contributed by atoms with E-state index in [-0.39, 0.29) is 11.6 Å². The monoisotopic (exact) mass is 343 g/mol. The lowest BCUT2D eigenvalue weighted by Crippen LogP contribution is -2.50. The zero-order valence-corrected chi connectivity index (χ0v) is 13.9. The maximum Gasteiger partial charge on any atom is 0.339 e. The molecule has 2 atom stereocenters. The highest BCUT2D eigenvalue weighted by Gasteiger charge is 2.27. The smallest absolute Gasteiger partial charge is 0.339 e. The van der Waals surface area contributed by atoms with Crippen LogP contribution in [0.25, 0.3) is 11.3 Å².